The van der Waals surface area contributed by atoms with Gasteiger partial charge in [-0.15, -0.1) is 0 Å². The van der Waals surface area contributed by atoms with Crippen molar-refractivity contribution in [2.24, 2.45) is 0 Å². The molecule has 1 aromatic carbocycles. The third kappa shape index (κ3) is 4.38. The predicted octanol–water partition coefficient (Wildman–Crippen LogP) is 4.02. The van der Waals surface area contributed by atoms with E-state index in [0.717, 1.165) is 25.7 Å². The smallest absolute Gasteiger partial charge is 0.220 e. The first kappa shape index (κ1) is 14.1. The Hall–Kier alpha value is -1.31. The number of amides is 1. The van der Waals surface area contributed by atoms with Crippen LogP contribution in [0.3, 0.4) is 0 Å². The summed E-state index contributed by atoms with van der Waals surface area (Å²) < 4.78 is 0. The SMILES string of the molecule is CCCCC(=O)NC1CCC(c2ccccc2)CC1. The molecule has 1 saturated carbocycles. The molecule has 0 saturated heterocycles. The highest BCUT2D eigenvalue weighted by Crippen LogP contribution is 2.32. The van der Waals surface area contributed by atoms with Gasteiger partial charge in [0.05, 0.1) is 0 Å². The molecule has 0 radical (unpaired) electrons. The molecule has 2 heteroatoms. The van der Waals surface area contributed by atoms with Gasteiger partial charge in [-0.05, 0) is 43.6 Å². The maximum absolute atomic E-state index is 11.7. The lowest BCUT2D eigenvalue weighted by Gasteiger charge is -2.29. The van der Waals surface area contributed by atoms with Crippen LogP contribution in [0.1, 0.15) is 63.4 Å². The van der Waals surface area contributed by atoms with E-state index in [1.165, 1.54) is 18.4 Å². The van der Waals surface area contributed by atoms with Crippen LogP contribution >= 0.6 is 0 Å². The number of carbonyl (C=O) groups is 1. The maximum atomic E-state index is 11.7. The lowest BCUT2D eigenvalue weighted by Crippen LogP contribution is -2.37. The van der Waals surface area contributed by atoms with Gasteiger partial charge in [0.25, 0.3) is 0 Å². The van der Waals surface area contributed by atoms with Crippen LogP contribution in [0.5, 0.6) is 0 Å². The number of unbranched alkanes of at least 4 members (excludes halogenated alkanes) is 1. The highest BCUT2D eigenvalue weighted by molar-refractivity contribution is 5.76. The Balaban J connectivity index is 1.75. The van der Waals surface area contributed by atoms with Crippen molar-refractivity contribution in [3.05, 3.63) is 35.9 Å². The summed E-state index contributed by atoms with van der Waals surface area (Å²) in [5.74, 6) is 0.926. The minimum absolute atomic E-state index is 0.241. The van der Waals surface area contributed by atoms with Crippen molar-refractivity contribution in [2.45, 2.75) is 63.8 Å². The quantitative estimate of drug-likeness (QED) is 0.850. The molecule has 0 atom stereocenters. The van der Waals surface area contributed by atoms with Crippen LogP contribution in [0, 0.1) is 0 Å². The lowest BCUT2D eigenvalue weighted by atomic mass is 9.82. The van der Waals surface area contributed by atoms with Crippen molar-refractivity contribution in [2.75, 3.05) is 0 Å². The van der Waals surface area contributed by atoms with E-state index >= 15 is 0 Å². The first-order chi connectivity index (χ1) is 9.29. The Labute approximate surface area is 116 Å². The first-order valence-electron chi connectivity index (χ1n) is 7.64. The third-order valence-electron chi connectivity index (χ3n) is 4.12. The molecular formula is C17H25NO. The summed E-state index contributed by atoms with van der Waals surface area (Å²) in [5.41, 5.74) is 1.46. The fourth-order valence-corrected chi connectivity index (χ4v) is 2.93. The molecule has 2 rings (SSSR count). The normalized spacial score (nSPS) is 23.0. The number of hydrogen-bond donors (Lipinski definition) is 1. The van der Waals surface area contributed by atoms with Crippen molar-refractivity contribution in [3.63, 3.8) is 0 Å². The van der Waals surface area contributed by atoms with E-state index in [9.17, 15) is 4.79 Å². The molecule has 1 amide bonds. The largest absolute Gasteiger partial charge is 0.353 e. The summed E-state index contributed by atoms with van der Waals surface area (Å²) in [6.07, 6.45) is 7.43. The van der Waals surface area contributed by atoms with Crippen LogP contribution in [0.2, 0.25) is 0 Å². The fourth-order valence-electron chi connectivity index (χ4n) is 2.93. The van der Waals surface area contributed by atoms with E-state index in [4.69, 9.17) is 0 Å². The molecule has 1 aliphatic carbocycles. The second kappa shape index (κ2) is 7.32. The molecule has 1 aliphatic rings. The second-order valence-electron chi connectivity index (χ2n) is 5.63. The number of nitrogens with one attached hydrogen (secondary N) is 1. The molecule has 0 bridgehead atoms. The molecule has 0 spiro atoms. The second-order valence-corrected chi connectivity index (χ2v) is 5.63. The topological polar surface area (TPSA) is 29.1 Å². The van der Waals surface area contributed by atoms with Gasteiger partial charge in [-0.2, -0.15) is 0 Å². The van der Waals surface area contributed by atoms with Gasteiger partial charge in [-0.25, -0.2) is 0 Å². The predicted molar refractivity (Wildman–Crippen MR) is 79.1 cm³/mol. The van der Waals surface area contributed by atoms with Crippen LogP contribution in [-0.2, 0) is 4.79 Å². The van der Waals surface area contributed by atoms with Gasteiger partial charge in [-0.1, -0.05) is 43.7 Å². The van der Waals surface area contributed by atoms with Gasteiger partial charge >= 0.3 is 0 Å². The first-order valence-corrected chi connectivity index (χ1v) is 7.64. The Bertz CT molecular complexity index is 380. The zero-order valence-corrected chi connectivity index (χ0v) is 11.9. The van der Waals surface area contributed by atoms with Gasteiger partial charge in [-0.3, -0.25) is 4.79 Å². The molecule has 1 aromatic rings. The van der Waals surface area contributed by atoms with Crippen molar-refractivity contribution in [1.29, 1.82) is 0 Å². The minimum atomic E-state index is 0.241. The zero-order valence-electron chi connectivity index (χ0n) is 11.9. The van der Waals surface area contributed by atoms with Gasteiger partial charge in [0, 0.05) is 12.5 Å². The maximum Gasteiger partial charge on any atom is 0.220 e. The van der Waals surface area contributed by atoms with E-state index in [0.29, 0.717) is 18.4 Å². The summed E-state index contributed by atoms with van der Waals surface area (Å²) >= 11 is 0. The van der Waals surface area contributed by atoms with Crippen LogP contribution < -0.4 is 5.32 Å². The Morgan fingerprint density at radius 2 is 1.84 bits per heavy atom. The van der Waals surface area contributed by atoms with E-state index in [1.54, 1.807) is 0 Å². The number of rotatable bonds is 5. The molecule has 0 aliphatic heterocycles. The van der Waals surface area contributed by atoms with E-state index in [-0.39, 0.29) is 5.91 Å². The number of benzene rings is 1. The Kier molecular flexibility index (Phi) is 5.44. The van der Waals surface area contributed by atoms with Crippen molar-refractivity contribution in [3.8, 4) is 0 Å². The summed E-state index contributed by atoms with van der Waals surface area (Å²) in [6, 6.07) is 11.2. The Morgan fingerprint density at radius 3 is 2.47 bits per heavy atom. The summed E-state index contributed by atoms with van der Waals surface area (Å²) in [5, 5.41) is 3.19. The van der Waals surface area contributed by atoms with Crippen LogP contribution in [0.4, 0.5) is 0 Å². The molecule has 1 N–H and O–H groups in total. The average molecular weight is 259 g/mol. The number of hydrogen-bond acceptors (Lipinski definition) is 1. The molecule has 2 nitrogen and oxygen atoms in total. The standard InChI is InChI=1S/C17H25NO/c1-2-3-9-17(19)18-16-12-10-15(11-13-16)14-7-5-4-6-8-14/h4-8,15-16H,2-3,9-13H2,1H3,(H,18,19). The highest BCUT2D eigenvalue weighted by Gasteiger charge is 2.22. The van der Waals surface area contributed by atoms with Gasteiger partial charge < -0.3 is 5.32 Å². The van der Waals surface area contributed by atoms with Crippen molar-refractivity contribution in [1.82, 2.24) is 5.32 Å². The summed E-state index contributed by atoms with van der Waals surface area (Å²) in [6.45, 7) is 2.12. The fraction of sp³-hybridized carbons (Fsp3) is 0.588. The molecule has 19 heavy (non-hydrogen) atoms. The monoisotopic (exact) mass is 259 g/mol. The molecule has 0 heterocycles. The summed E-state index contributed by atoms with van der Waals surface area (Å²) in [7, 11) is 0. The molecule has 0 unspecified atom stereocenters. The minimum Gasteiger partial charge on any atom is -0.353 e. The van der Waals surface area contributed by atoms with E-state index < -0.39 is 0 Å². The van der Waals surface area contributed by atoms with Gasteiger partial charge in [0.15, 0.2) is 0 Å². The van der Waals surface area contributed by atoms with Crippen LogP contribution in [0.25, 0.3) is 0 Å². The van der Waals surface area contributed by atoms with Gasteiger partial charge in [0.1, 0.15) is 0 Å². The van der Waals surface area contributed by atoms with Crippen molar-refractivity contribution < 1.29 is 4.79 Å². The molecule has 0 aromatic heterocycles. The van der Waals surface area contributed by atoms with E-state index in [1.807, 2.05) is 0 Å². The molecule has 1 fully saturated rings. The molecular weight excluding hydrogens is 234 g/mol. The average Bonchev–Trinajstić information content (AvgIpc) is 2.47. The van der Waals surface area contributed by atoms with E-state index in [2.05, 4.69) is 42.6 Å². The molecule has 104 valence electrons. The summed E-state index contributed by atoms with van der Waals surface area (Å²) in [4.78, 5) is 11.7. The zero-order chi connectivity index (χ0) is 13.5. The Morgan fingerprint density at radius 1 is 1.16 bits per heavy atom. The number of carbonyl (C=O) groups excluding carboxylic acids is 1. The van der Waals surface area contributed by atoms with Crippen molar-refractivity contribution >= 4 is 5.91 Å². The third-order valence-corrected chi connectivity index (χ3v) is 4.12. The lowest BCUT2D eigenvalue weighted by molar-refractivity contribution is -0.122. The van der Waals surface area contributed by atoms with Crippen LogP contribution in [0.15, 0.2) is 30.3 Å². The highest BCUT2D eigenvalue weighted by atomic mass is 16.1. The van der Waals surface area contributed by atoms with Gasteiger partial charge in [0.2, 0.25) is 5.91 Å². The van der Waals surface area contributed by atoms with Crippen LogP contribution in [-0.4, -0.2) is 11.9 Å².